The van der Waals surface area contributed by atoms with Crippen LogP contribution in [0.4, 0.5) is 5.82 Å². The quantitative estimate of drug-likeness (QED) is 0.726. The molecular formula is C18H23N7O. The zero-order chi connectivity index (χ0) is 17.8. The van der Waals surface area contributed by atoms with Gasteiger partial charge in [-0.2, -0.15) is 0 Å². The van der Waals surface area contributed by atoms with Crippen molar-refractivity contribution in [3.8, 4) is 0 Å². The van der Waals surface area contributed by atoms with Crippen LogP contribution in [0.15, 0.2) is 30.7 Å². The van der Waals surface area contributed by atoms with Crippen molar-refractivity contribution in [2.45, 2.75) is 31.8 Å². The number of hydrazine groups is 1. The van der Waals surface area contributed by atoms with Crippen molar-refractivity contribution in [2.24, 2.45) is 0 Å². The number of rotatable bonds is 4. The van der Waals surface area contributed by atoms with Crippen LogP contribution in [0.2, 0.25) is 0 Å². The van der Waals surface area contributed by atoms with E-state index in [0.29, 0.717) is 19.6 Å². The van der Waals surface area contributed by atoms with Crippen LogP contribution in [0.3, 0.4) is 0 Å². The third-order valence-corrected chi connectivity index (χ3v) is 4.89. The minimum absolute atomic E-state index is 0.121. The lowest BCUT2D eigenvalue weighted by atomic mass is 10.1. The molecule has 1 unspecified atom stereocenters. The van der Waals surface area contributed by atoms with Crippen LogP contribution in [0.25, 0.3) is 0 Å². The lowest BCUT2D eigenvalue weighted by Crippen LogP contribution is -2.46. The van der Waals surface area contributed by atoms with Crippen LogP contribution in [0.1, 0.15) is 23.4 Å². The highest BCUT2D eigenvalue weighted by Gasteiger charge is 2.28. The van der Waals surface area contributed by atoms with Gasteiger partial charge in [0.25, 0.3) is 0 Å². The molecule has 4 heterocycles. The highest BCUT2D eigenvalue weighted by molar-refractivity contribution is 5.82. The molecule has 0 radical (unpaired) electrons. The number of aromatic nitrogens is 3. The fourth-order valence-electron chi connectivity index (χ4n) is 3.47. The zero-order valence-corrected chi connectivity index (χ0v) is 14.6. The Morgan fingerprint density at radius 3 is 2.96 bits per heavy atom. The van der Waals surface area contributed by atoms with Crippen LogP contribution < -0.4 is 16.2 Å². The number of pyridine rings is 1. The molecule has 3 N–H and O–H groups in total. The molecule has 0 bridgehead atoms. The van der Waals surface area contributed by atoms with E-state index in [9.17, 15) is 4.79 Å². The molecule has 136 valence electrons. The van der Waals surface area contributed by atoms with E-state index in [2.05, 4.69) is 31.1 Å². The maximum Gasteiger partial charge on any atom is 0.241 e. The molecule has 2 aliphatic rings. The van der Waals surface area contributed by atoms with Gasteiger partial charge < -0.3 is 10.2 Å². The van der Waals surface area contributed by atoms with Crippen LogP contribution in [0, 0.1) is 0 Å². The lowest BCUT2D eigenvalue weighted by Gasteiger charge is -2.23. The topological polar surface area (TPSA) is 95.1 Å². The van der Waals surface area contributed by atoms with Gasteiger partial charge in [-0.1, -0.05) is 6.07 Å². The summed E-state index contributed by atoms with van der Waals surface area (Å²) in [6, 6.07) is 5.74. The summed E-state index contributed by atoms with van der Waals surface area (Å²) in [6.45, 7) is 2.83. The minimum atomic E-state index is -0.121. The van der Waals surface area contributed by atoms with Gasteiger partial charge in [0.05, 0.1) is 17.9 Å². The SMILES string of the molecule is O=C(C1CCNN1)N1CCc2ncnc(NCc3ccccn3)c2CC1. The monoisotopic (exact) mass is 353 g/mol. The van der Waals surface area contributed by atoms with Gasteiger partial charge in [0.1, 0.15) is 18.2 Å². The van der Waals surface area contributed by atoms with E-state index in [-0.39, 0.29) is 11.9 Å². The molecule has 0 aliphatic carbocycles. The smallest absolute Gasteiger partial charge is 0.241 e. The summed E-state index contributed by atoms with van der Waals surface area (Å²) in [4.78, 5) is 27.8. The first-order valence-corrected chi connectivity index (χ1v) is 9.05. The van der Waals surface area contributed by atoms with Crippen molar-refractivity contribution in [3.63, 3.8) is 0 Å². The number of amides is 1. The van der Waals surface area contributed by atoms with Crippen LogP contribution in [-0.2, 0) is 24.2 Å². The Balaban J connectivity index is 1.45. The van der Waals surface area contributed by atoms with Crippen molar-refractivity contribution in [1.29, 1.82) is 0 Å². The van der Waals surface area contributed by atoms with Crippen LogP contribution >= 0.6 is 0 Å². The van der Waals surface area contributed by atoms with Crippen molar-refractivity contribution in [2.75, 3.05) is 25.0 Å². The molecule has 4 rings (SSSR count). The second-order valence-corrected chi connectivity index (χ2v) is 6.56. The van der Waals surface area contributed by atoms with Crippen LogP contribution in [0.5, 0.6) is 0 Å². The van der Waals surface area contributed by atoms with E-state index < -0.39 is 0 Å². The summed E-state index contributed by atoms with van der Waals surface area (Å²) in [5.41, 5.74) is 9.18. The first-order valence-electron chi connectivity index (χ1n) is 9.05. The maximum atomic E-state index is 12.7. The van der Waals surface area contributed by atoms with E-state index in [1.54, 1.807) is 12.5 Å². The van der Waals surface area contributed by atoms with Crippen molar-refractivity contribution in [1.82, 2.24) is 30.7 Å². The molecule has 1 atom stereocenters. The fraction of sp³-hybridized carbons (Fsp3) is 0.444. The fourth-order valence-corrected chi connectivity index (χ4v) is 3.47. The average molecular weight is 353 g/mol. The third kappa shape index (κ3) is 3.66. The van der Waals surface area contributed by atoms with E-state index in [4.69, 9.17) is 0 Å². The van der Waals surface area contributed by atoms with Crippen molar-refractivity contribution < 1.29 is 4.79 Å². The van der Waals surface area contributed by atoms with Crippen molar-refractivity contribution >= 4 is 11.7 Å². The Bertz CT molecular complexity index is 761. The molecule has 1 fully saturated rings. The third-order valence-electron chi connectivity index (χ3n) is 4.89. The van der Waals surface area contributed by atoms with Gasteiger partial charge >= 0.3 is 0 Å². The predicted molar refractivity (Wildman–Crippen MR) is 97.1 cm³/mol. The second-order valence-electron chi connectivity index (χ2n) is 6.56. The van der Waals surface area contributed by atoms with E-state index in [0.717, 1.165) is 48.6 Å². The molecule has 0 aromatic carbocycles. The first-order chi connectivity index (χ1) is 12.8. The molecule has 1 amide bonds. The number of fused-ring (bicyclic) bond motifs is 1. The standard InChI is InChI=1S/C18H23N7O/c26-18(16-4-8-23-24-16)25-9-5-14-15(6-10-25)21-12-22-17(14)20-11-13-3-1-2-7-19-13/h1-3,7,12,16,23-24H,4-6,8-11H2,(H,20,21,22). The number of carbonyl (C=O) groups is 1. The van der Waals surface area contributed by atoms with Gasteiger partial charge in [-0.25, -0.2) is 15.4 Å². The Kier molecular flexibility index (Phi) is 5.03. The average Bonchev–Trinajstić information content (AvgIpc) is 3.13. The molecule has 2 aromatic rings. The van der Waals surface area contributed by atoms with Gasteiger partial charge in [-0.15, -0.1) is 0 Å². The van der Waals surface area contributed by atoms with Gasteiger partial charge in [0.2, 0.25) is 5.91 Å². The summed E-state index contributed by atoms with van der Waals surface area (Å²) < 4.78 is 0. The number of hydrogen-bond donors (Lipinski definition) is 3. The lowest BCUT2D eigenvalue weighted by molar-refractivity contribution is -0.133. The molecule has 1 saturated heterocycles. The number of hydrogen-bond acceptors (Lipinski definition) is 7. The summed E-state index contributed by atoms with van der Waals surface area (Å²) in [6.07, 6.45) is 5.72. The number of carbonyl (C=O) groups excluding carboxylic acids is 1. The normalized spacial score (nSPS) is 19.7. The van der Waals surface area contributed by atoms with E-state index in [1.165, 1.54) is 0 Å². The highest BCUT2D eigenvalue weighted by Crippen LogP contribution is 2.21. The molecule has 8 heteroatoms. The molecular weight excluding hydrogens is 330 g/mol. The van der Waals surface area contributed by atoms with Gasteiger partial charge in [0.15, 0.2) is 0 Å². The molecule has 2 aliphatic heterocycles. The molecule has 0 saturated carbocycles. The van der Waals surface area contributed by atoms with Crippen molar-refractivity contribution in [3.05, 3.63) is 47.7 Å². The largest absolute Gasteiger partial charge is 0.364 e. The molecule has 26 heavy (non-hydrogen) atoms. The predicted octanol–water partition coefficient (Wildman–Crippen LogP) is 0.277. The number of nitrogens with one attached hydrogen (secondary N) is 3. The summed E-state index contributed by atoms with van der Waals surface area (Å²) in [5, 5.41) is 3.38. The summed E-state index contributed by atoms with van der Waals surface area (Å²) in [7, 11) is 0. The van der Waals surface area contributed by atoms with E-state index >= 15 is 0 Å². The van der Waals surface area contributed by atoms with E-state index in [1.807, 2.05) is 23.1 Å². The zero-order valence-electron chi connectivity index (χ0n) is 14.6. The van der Waals surface area contributed by atoms with Gasteiger partial charge in [0, 0.05) is 37.8 Å². The molecule has 2 aromatic heterocycles. The Morgan fingerprint density at radius 1 is 1.23 bits per heavy atom. The summed E-state index contributed by atoms with van der Waals surface area (Å²) >= 11 is 0. The Morgan fingerprint density at radius 2 is 2.15 bits per heavy atom. The number of nitrogens with zero attached hydrogens (tertiary/aromatic N) is 4. The first kappa shape index (κ1) is 16.9. The minimum Gasteiger partial charge on any atom is -0.364 e. The Hall–Kier alpha value is -2.58. The van der Waals surface area contributed by atoms with Crippen LogP contribution in [-0.4, -0.2) is 51.4 Å². The second kappa shape index (κ2) is 7.76. The molecule has 8 nitrogen and oxygen atoms in total. The summed E-state index contributed by atoms with van der Waals surface area (Å²) in [5.74, 6) is 1.01. The Labute approximate surface area is 152 Å². The van der Waals surface area contributed by atoms with Gasteiger partial charge in [-0.3, -0.25) is 15.2 Å². The maximum absolute atomic E-state index is 12.7. The van der Waals surface area contributed by atoms with Gasteiger partial charge in [-0.05, 0) is 25.0 Å². The number of anilines is 1. The molecule has 0 spiro atoms. The highest BCUT2D eigenvalue weighted by atomic mass is 16.2.